The molecule has 0 aromatic heterocycles. The molecule has 0 aliphatic rings. The van der Waals surface area contributed by atoms with E-state index >= 15 is 0 Å². The van der Waals surface area contributed by atoms with Crippen molar-refractivity contribution in [1.82, 2.24) is 0 Å². The summed E-state index contributed by atoms with van der Waals surface area (Å²) in [6.07, 6.45) is -0.652. The van der Waals surface area contributed by atoms with Gasteiger partial charge in [-0.2, -0.15) is 0 Å². The lowest BCUT2D eigenvalue weighted by atomic mass is 10.3. The first-order valence-electron chi connectivity index (χ1n) is 4.25. The van der Waals surface area contributed by atoms with Crippen molar-refractivity contribution in [3.05, 3.63) is 33.3 Å². The zero-order valence-corrected chi connectivity index (χ0v) is 8.77. The van der Waals surface area contributed by atoms with Gasteiger partial charge in [-0.1, -0.05) is 11.6 Å². The van der Waals surface area contributed by atoms with Crippen molar-refractivity contribution in [2.24, 2.45) is 0 Å². The van der Waals surface area contributed by atoms with Crippen LogP contribution in [-0.4, -0.2) is 22.7 Å². The highest BCUT2D eigenvalue weighted by Gasteiger charge is 2.11. The van der Waals surface area contributed by atoms with Crippen molar-refractivity contribution >= 4 is 17.3 Å². The lowest BCUT2D eigenvalue weighted by Crippen LogP contribution is -2.13. The molecule has 1 aromatic rings. The third kappa shape index (κ3) is 3.38. The fourth-order valence-electron chi connectivity index (χ4n) is 0.927. The van der Waals surface area contributed by atoms with Gasteiger partial charge in [0.2, 0.25) is 0 Å². The molecule has 0 bridgehead atoms. The minimum atomic E-state index is -0.652. The third-order valence-corrected chi connectivity index (χ3v) is 1.92. The molecule has 0 heterocycles. The van der Waals surface area contributed by atoms with Crippen molar-refractivity contribution in [3.8, 4) is 5.75 Å². The van der Waals surface area contributed by atoms with Gasteiger partial charge < -0.3 is 9.84 Å². The topological polar surface area (TPSA) is 72.6 Å². The molecule has 0 saturated heterocycles. The van der Waals surface area contributed by atoms with Gasteiger partial charge >= 0.3 is 0 Å². The van der Waals surface area contributed by atoms with E-state index in [1.165, 1.54) is 18.2 Å². The Morgan fingerprint density at radius 1 is 1.67 bits per heavy atom. The molecule has 1 rings (SSSR count). The fourth-order valence-corrected chi connectivity index (χ4v) is 1.10. The number of nitro benzene ring substituents is 1. The van der Waals surface area contributed by atoms with E-state index in [-0.39, 0.29) is 23.1 Å². The number of aliphatic hydroxyl groups is 1. The maximum Gasteiger partial charge on any atom is 0.273 e. The Balaban J connectivity index is 2.85. The van der Waals surface area contributed by atoms with Crippen molar-refractivity contribution in [1.29, 1.82) is 0 Å². The predicted octanol–water partition coefficient (Wildman–Crippen LogP) is 2.01. The summed E-state index contributed by atoms with van der Waals surface area (Å²) in [5.41, 5.74) is -0.0972. The molecule has 5 nitrogen and oxygen atoms in total. The molecule has 1 N–H and O–H groups in total. The normalized spacial score (nSPS) is 12.2. The van der Waals surface area contributed by atoms with Crippen molar-refractivity contribution in [2.45, 2.75) is 13.0 Å². The Kier molecular flexibility index (Phi) is 3.88. The minimum absolute atomic E-state index is 0.0425. The number of hydrogen-bond donors (Lipinski definition) is 1. The average Bonchev–Trinajstić information content (AvgIpc) is 2.16. The minimum Gasteiger partial charge on any atom is -0.489 e. The smallest absolute Gasteiger partial charge is 0.273 e. The molecule has 0 saturated carbocycles. The van der Waals surface area contributed by atoms with E-state index in [2.05, 4.69) is 0 Å². The average molecular weight is 232 g/mol. The van der Waals surface area contributed by atoms with Gasteiger partial charge in [-0.15, -0.1) is 0 Å². The quantitative estimate of drug-likeness (QED) is 0.636. The maximum atomic E-state index is 10.5. The second-order valence-corrected chi connectivity index (χ2v) is 3.44. The first kappa shape index (κ1) is 11.7. The van der Waals surface area contributed by atoms with Gasteiger partial charge in [-0.05, 0) is 13.0 Å². The largest absolute Gasteiger partial charge is 0.489 e. The van der Waals surface area contributed by atoms with Crippen LogP contribution in [0, 0.1) is 10.1 Å². The molecule has 0 spiro atoms. The summed E-state index contributed by atoms with van der Waals surface area (Å²) in [6.45, 7) is 1.59. The van der Waals surface area contributed by atoms with E-state index in [0.29, 0.717) is 0 Å². The number of ether oxygens (including phenoxy) is 1. The highest BCUT2D eigenvalue weighted by Crippen LogP contribution is 2.28. The summed E-state index contributed by atoms with van der Waals surface area (Å²) >= 11 is 5.76. The molecular formula is C9H10ClNO4. The standard InChI is InChI=1S/C9H10ClNO4/c1-6(12)5-15-9-4-7(11(13)14)2-3-8(9)10/h2-4,6,12H,5H2,1H3/t6-/m0/s1. The highest BCUT2D eigenvalue weighted by molar-refractivity contribution is 6.32. The van der Waals surface area contributed by atoms with E-state index in [4.69, 9.17) is 21.4 Å². The lowest BCUT2D eigenvalue weighted by Gasteiger charge is -2.09. The van der Waals surface area contributed by atoms with Crippen molar-refractivity contribution < 1.29 is 14.8 Å². The fraction of sp³-hybridized carbons (Fsp3) is 0.333. The SMILES string of the molecule is C[C@H](O)COc1cc([N+](=O)[O-])ccc1Cl. The summed E-state index contributed by atoms with van der Waals surface area (Å²) in [5.74, 6) is 0.201. The van der Waals surface area contributed by atoms with Crippen LogP contribution >= 0.6 is 11.6 Å². The molecule has 0 amide bonds. The number of halogens is 1. The lowest BCUT2D eigenvalue weighted by molar-refractivity contribution is -0.384. The zero-order valence-electron chi connectivity index (χ0n) is 8.01. The van der Waals surface area contributed by atoms with Crippen LogP contribution in [0.4, 0.5) is 5.69 Å². The number of non-ortho nitro benzene ring substituents is 1. The molecule has 0 aliphatic heterocycles. The number of nitro groups is 1. The summed E-state index contributed by atoms with van der Waals surface area (Å²) in [4.78, 5) is 9.92. The van der Waals surface area contributed by atoms with E-state index in [1.54, 1.807) is 6.92 Å². The summed E-state index contributed by atoms with van der Waals surface area (Å²) in [7, 11) is 0. The van der Waals surface area contributed by atoms with Crippen LogP contribution in [-0.2, 0) is 0 Å². The van der Waals surface area contributed by atoms with E-state index in [9.17, 15) is 10.1 Å². The molecule has 0 aliphatic carbocycles. The molecule has 0 radical (unpaired) electrons. The van der Waals surface area contributed by atoms with Gasteiger partial charge in [0.25, 0.3) is 5.69 Å². The predicted molar refractivity (Wildman–Crippen MR) is 55.3 cm³/mol. The van der Waals surface area contributed by atoms with Gasteiger partial charge in [0.15, 0.2) is 0 Å². The second-order valence-electron chi connectivity index (χ2n) is 3.03. The van der Waals surface area contributed by atoms with Gasteiger partial charge in [0.05, 0.1) is 22.1 Å². The third-order valence-electron chi connectivity index (χ3n) is 1.61. The number of benzene rings is 1. The van der Waals surface area contributed by atoms with E-state index in [1.807, 2.05) is 0 Å². The molecule has 82 valence electrons. The van der Waals surface area contributed by atoms with Gasteiger partial charge in [-0.25, -0.2) is 0 Å². The molecule has 1 aromatic carbocycles. The monoisotopic (exact) mass is 231 g/mol. The summed E-state index contributed by atoms with van der Waals surface area (Å²) in [5, 5.41) is 19.7. The Bertz CT molecular complexity index is 367. The zero-order chi connectivity index (χ0) is 11.4. The van der Waals surface area contributed by atoms with Gasteiger partial charge in [-0.3, -0.25) is 10.1 Å². The van der Waals surface area contributed by atoms with Crippen LogP contribution in [0.1, 0.15) is 6.92 Å². The first-order valence-corrected chi connectivity index (χ1v) is 4.63. The van der Waals surface area contributed by atoms with Gasteiger partial charge in [0, 0.05) is 6.07 Å². The summed E-state index contributed by atoms with van der Waals surface area (Å²) < 4.78 is 5.10. The number of hydrogen-bond acceptors (Lipinski definition) is 4. The number of nitrogens with zero attached hydrogens (tertiary/aromatic N) is 1. The molecule has 0 unspecified atom stereocenters. The van der Waals surface area contributed by atoms with Crippen LogP contribution in [0.3, 0.4) is 0 Å². The molecular weight excluding hydrogens is 222 g/mol. The van der Waals surface area contributed by atoms with Crippen molar-refractivity contribution in [2.75, 3.05) is 6.61 Å². The first-order chi connectivity index (χ1) is 7.00. The number of rotatable bonds is 4. The number of aliphatic hydroxyl groups excluding tert-OH is 1. The molecule has 1 atom stereocenters. The van der Waals surface area contributed by atoms with Crippen LogP contribution in [0.15, 0.2) is 18.2 Å². The molecule has 6 heteroatoms. The van der Waals surface area contributed by atoms with E-state index < -0.39 is 11.0 Å². The Labute approximate surface area is 91.4 Å². The van der Waals surface area contributed by atoms with E-state index in [0.717, 1.165) is 0 Å². The Morgan fingerprint density at radius 2 is 2.33 bits per heavy atom. The second kappa shape index (κ2) is 4.95. The van der Waals surface area contributed by atoms with Crippen LogP contribution in [0.2, 0.25) is 5.02 Å². The Hall–Kier alpha value is -1.33. The van der Waals surface area contributed by atoms with Crippen LogP contribution in [0.25, 0.3) is 0 Å². The van der Waals surface area contributed by atoms with Crippen LogP contribution in [0.5, 0.6) is 5.75 Å². The molecule has 15 heavy (non-hydrogen) atoms. The van der Waals surface area contributed by atoms with Crippen LogP contribution < -0.4 is 4.74 Å². The molecule has 0 fully saturated rings. The Morgan fingerprint density at radius 3 is 2.87 bits per heavy atom. The maximum absolute atomic E-state index is 10.5. The highest BCUT2D eigenvalue weighted by atomic mass is 35.5. The van der Waals surface area contributed by atoms with Gasteiger partial charge in [0.1, 0.15) is 12.4 Å². The summed E-state index contributed by atoms with van der Waals surface area (Å²) in [6, 6.07) is 3.90. The van der Waals surface area contributed by atoms with Crippen molar-refractivity contribution in [3.63, 3.8) is 0 Å².